The van der Waals surface area contributed by atoms with Crippen molar-refractivity contribution in [2.45, 2.75) is 53.4 Å². The summed E-state index contributed by atoms with van der Waals surface area (Å²) in [7, 11) is 2.72. The zero-order valence-electron chi connectivity index (χ0n) is 20.4. The second-order valence-corrected chi connectivity index (χ2v) is 11.4. The van der Waals surface area contributed by atoms with E-state index in [1.54, 1.807) is 29.2 Å². The van der Waals surface area contributed by atoms with Gasteiger partial charge in [0.15, 0.2) is 0 Å². The summed E-state index contributed by atoms with van der Waals surface area (Å²) in [4.78, 5) is 39.5. The number of carbonyl (C=O) groups is 2. The van der Waals surface area contributed by atoms with Crippen LogP contribution in [0.3, 0.4) is 0 Å². The van der Waals surface area contributed by atoms with Gasteiger partial charge in [-0.05, 0) is 48.4 Å². The Labute approximate surface area is 208 Å². The maximum Gasteiger partial charge on any atom is 0.382 e. The molecule has 0 aromatic carbocycles. The van der Waals surface area contributed by atoms with Gasteiger partial charge in [0.25, 0.3) is 0 Å². The molecule has 0 saturated carbocycles. The third kappa shape index (κ3) is 6.59. The minimum Gasteiger partial charge on any atom is -0.469 e. The minimum atomic E-state index is -0.511. The van der Waals surface area contributed by atoms with Crippen LogP contribution in [-0.4, -0.2) is 26.2 Å². The first-order valence-electron chi connectivity index (χ1n) is 10.6. The fourth-order valence-electron chi connectivity index (χ4n) is 3.20. The Morgan fingerprint density at radius 2 is 1.79 bits per heavy atom. The highest BCUT2D eigenvalue weighted by Crippen LogP contribution is 2.46. The monoisotopic (exact) mass is 508 g/mol. The van der Waals surface area contributed by atoms with Gasteiger partial charge in [0.1, 0.15) is 4.88 Å². The second-order valence-electron chi connectivity index (χ2n) is 8.15. The molecule has 2 aromatic heterocycles. The summed E-state index contributed by atoms with van der Waals surface area (Å²) < 4.78 is 4.96. The largest absolute Gasteiger partial charge is 0.469 e. The number of carbonyl (C=O) groups excluding carboxylic acids is 2. The van der Waals surface area contributed by atoms with Crippen LogP contribution < -0.4 is 0 Å². The van der Waals surface area contributed by atoms with Gasteiger partial charge in [-0.2, -0.15) is 4.89 Å². The minimum absolute atomic E-state index is 0.207. The van der Waals surface area contributed by atoms with Crippen molar-refractivity contribution in [2.24, 2.45) is 5.92 Å². The molecule has 0 aliphatic carbocycles. The maximum absolute atomic E-state index is 12.2. The third-order valence-corrected chi connectivity index (χ3v) is 9.79. The summed E-state index contributed by atoms with van der Waals surface area (Å²) >= 11 is 4.80. The van der Waals surface area contributed by atoms with Gasteiger partial charge in [0.2, 0.25) is 0 Å². The number of ether oxygens (including phenoxy) is 1. The maximum atomic E-state index is 12.2. The van der Waals surface area contributed by atoms with Crippen LogP contribution in [0, 0.1) is 5.92 Å². The van der Waals surface area contributed by atoms with Crippen molar-refractivity contribution in [2.75, 3.05) is 14.2 Å². The molecule has 0 bridgehead atoms. The van der Waals surface area contributed by atoms with Gasteiger partial charge in [-0.25, -0.2) is 4.79 Å². The summed E-state index contributed by atoms with van der Waals surface area (Å²) in [5.41, 5.74) is 0.583. The smallest absolute Gasteiger partial charge is 0.382 e. The van der Waals surface area contributed by atoms with Crippen LogP contribution in [0.2, 0.25) is 0 Å². The van der Waals surface area contributed by atoms with E-state index in [-0.39, 0.29) is 17.8 Å². The molecule has 180 valence electrons. The first-order valence-corrected chi connectivity index (χ1v) is 13.1. The molecule has 2 aromatic rings. The predicted octanol–water partition coefficient (Wildman–Crippen LogP) is 7.22. The number of esters is 1. The van der Waals surface area contributed by atoms with Crippen LogP contribution in [-0.2, 0) is 31.1 Å². The van der Waals surface area contributed by atoms with Crippen LogP contribution in [0.4, 0.5) is 0 Å². The predicted molar refractivity (Wildman–Crippen MR) is 139 cm³/mol. The topological polar surface area (TPSA) is 61.8 Å². The van der Waals surface area contributed by atoms with Crippen molar-refractivity contribution < 1.29 is 24.1 Å². The van der Waals surface area contributed by atoms with Gasteiger partial charge >= 0.3 is 11.9 Å². The Morgan fingerprint density at radius 1 is 1.09 bits per heavy atom. The Bertz CT molecular complexity index is 1040. The lowest BCUT2D eigenvalue weighted by Gasteiger charge is -2.21. The molecular formula is C25H32O5S3. The van der Waals surface area contributed by atoms with Gasteiger partial charge in [-0.3, -0.25) is 9.68 Å². The molecule has 0 spiro atoms. The highest BCUT2D eigenvalue weighted by Gasteiger charge is 2.30. The zero-order valence-corrected chi connectivity index (χ0v) is 22.9. The molecule has 0 fully saturated rings. The van der Waals surface area contributed by atoms with Crippen molar-refractivity contribution in [3.05, 3.63) is 60.3 Å². The van der Waals surface area contributed by atoms with Gasteiger partial charge in [-0.15, -0.1) is 22.7 Å². The van der Waals surface area contributed by atoms with Crippen molar-refractivity contribution in [3.8, 4) is 0 Å². The highest BCUT2D eigenvalue weighted by molar-refractivity contribution is 8.12. The van der Waals surface area contributed by atoms with Crippen molar-refractivity contribution in [3.63, 3.8) is 0 Å². The Hall–Kier alpha value is -1.87. The number of hydrogen-bond acceptors (Lipinski definition) is 8. The SMILES string of the molecule is C/C=C(\S/C(=C\C)C(C)C)c1sc(C(C)(C)c2ccc(C(=O)OOC)s2)cc1CC(=O)OC. The lowest BCUT2D eigenvalue weighted by atomic mass is 9.89. The Balaban J connectivity index is 2.51. The van der Waals surface area contributed by atoms with E-state index in [2.05, 4.69) is 62.6 Å². The van der Waals surface area contributed by atoms with Crippen molar-refractivity contribution in [1.82, 2.24) is 0 Å². The molecule has 0 amide bonds. The molecule has 0 saturated heterocycles. The molecule has 2 heterocycles. The number of thiophene rings is 2. The number of hydrogen-bond donors (Lipinski definition) is 0. The highest BCUT2D eigenvalue weighted by atomic mass is 32.2. The Morgan fingerprint density at radius 3 is 2.33 bits per heavy atom. The Kier molecular flexibility index (Phi) is 9.97. The first kappa shape index (κ1) is 27.4. The van der Waals surface area contributed by atoms with E-state index in [1.807, 2.05) is 13.0 Å². The molecule has 5 nitrogen and oxygen atoms in total. The molecule has 0 unspecified atom stereocenters. The molecule has 0 radical (unpaired) electrons. The van der Waals surface area contributed by atoms with Crippen LogP contribution in [0.15, 0.2) is 35.3 Å². The van der Waals surface area contributed by atoms with Crippen LogP contribution in [0.5, 0.6) is 0 Å². The number of allylic oxidation sites excluding steroid dienone is 3. The molecule has 0 N–H and O–H groups in total. The van der Waals surface area contributed by atoms with E-state index in [1.165, 1.54) is 30.5 Å². The van der Waals surface area contributed by atoms with Crippen LogP contribution >= 0.6 is 34.4 Å². The first-order chi connectivity index (χ1) is 15.6. The van der Waals surface area contributed by atoms with Gasteiger partial charge in [-0.1, -0.05) is 51.6 Å². The number of methoxy groups -OCH3 is 1. The summed E-state index contributed by atoms with van der Waals surface area (Å²) in [5.74, 6) is -0.371. The second kappa shape index (κ2) is 12.0. The van der Waals surface area contributed by atoms with E-state index in [0.29, 0.717) is 10.8 Å². The molecule has 8 heteroatoms. The average Bonchev–Trinajstić information content (AvgIpc) is 3.43. The summed E-state index contributed by atoms with van der Waals surface area (Å²) in [5, 5.41) is 0. The van der Waals surface area contributed by atoms with Crippen LogP contribution in [0.25, 0.3) is 4.91 Å². The van der Waals surface area contributed by atoms with Gasteiger partial charge in [0, 0.05) is 25.0 Å². The zero-order chi connectivity index (χ0) is 24.8. The molecule has 2 rings (SSSR count). The third-order valence-electron chi connectivity index (χ3n) is 5.14. The van der Waals surface area contributed by atoms with Gasteiger partial charge in [0.05, 0.1) is 20.6 Å². The van der Waals surface area contributed by atoms with E-state index in [9.17, 15) is 9.59 Å². The summed E-state index contributed by atoms with van der Waals surface area (Å²) in [6.45, 7) is 12.7. The quantitative estimate of drug-likeness (QED) is 0.192. The lowest BCUT2D eigenvalue weighted by Crippen LogP contribution is -2.15. The lowest BCUT2D eigenvalue weighted by molar-refractivity contribution is -0.215. The van der Waals surface area contributed by atoms with Crippen molar-refractivity contribution >= 4 is 51.3 Å². The fourth-order valence-corrected chi connectivity index (χ4v) is 6.72. The fraction of sp³-hybridized carbons (Fsp3) is 0.440. The summed E-state index contributed by atoms with van der Waals surface area (Å²) in [6, 6.07) is 5.79. The van der Waals surface area contributed by atoms with E-state index in [0.717, 1.165) is 25.1 Å². The molecule has 33 heavy (non-hydrogen) atoms. The number of thioether (sulfide) groups is 1. The molecule has 0 aliphatic rings. The molecular weight excluding hydrogens is 476 g/mol. The van der Waals surface area contributed by atoms with E-state index < -0.39 is 5.97 Å². The summed E-state index contributed by atoms with van der Waals surface area (Å²) in [6.07, 6.45) is 4.45. The standard InChI is InChI=1S/C25H32O5S3/c1-9-17(15(3)4)31-18(10-2)23-16(14-22(26)28-7)13-21(33-23)25(5,6)20-12-11-19(32-20)24(27)30-29-8/h9-13,15H,14H2,1-8H3/b17-9-,18-10-. The molecule has 0 atom stereocenters. The van der Waals surface area contributed by atoms with E-state index >= 15 is 0 Å². The molecule has 0 aliphatic heterocycles. The van der Waals surface area contributed by atoms with Crippen molar-refractivity contribution in [1.29, 1.82) is 0 Å². The number of rotatable bonds is 10. The van der Waals surface area contributed by atoms with Crippen LogP contribution in [0.1, 0.15) is 71.4 Å². The normalized spacial score (nSPS) is 12.9. The van der Waals surface area contributed by atoms with Gasteiger partial charge < -0.3 is 4.74 Å². The average molecular weight is 509 g/mol. The van der Waals surface area contributed by atoms with E-state index in [4.69, 9.17) is 4.74 Å².